The van der Waals surface area contributed by atoms with Gasteiger partial charge < -0.3 is 10.6 Å². The number of aryl methyl sites for hydroxylation is 1. The van der Waals surface area contributed by atoms with Crippen molar-refractivity contribution in [2.24, 2.45) is 5.92 Å². The van der Waals surface area contributed by atoms with Crippen molar-refractivity contribution in [2.45, 2.75) is 32.7 Å². The molecule has 1 fully saturated rings. The second-order valence-corrected chi connectivity index (χ2v) is 7.72. The van der Waals surface area contributed by atoms with Gasteiger partial charge in [-0.2, -0.15) is 0 Å². The number of aromatic nitrogens is 1. The number of hydrogen-bond acceptors (Lipinski definition) is 4. The minimum absolute atomic E-state index is 0. The molecule has 1 aliphatic rings. The molecule has 2 aromatic rings. The fourth-order valence-electron chi connectivity index (χ4n) is 3.00. The van der Waals surface area contributed by atoms with Gasteiger partial charge in [0.1, 0.15) is 5.01 Å². The summed E-state index contributed by atoms with van der Waals surface area (Å²) in [6.07, 6.45) is 2.02. The molecular weight excluding hydrogens is 377 g/mol. The van der Waals surface area contributed by atoms with Crippen LogP contribution in [-0.2, 0) is 4.79 Å². The summed E-state index contributed by atoms with van der Waals surface area (Å²) >= 11 is 7.58. The third-order valence-corrected chi connectivity index (χ3v) is 5.98. The highest BCUT2D eigenvalue weighted by atomic mass is 35.5. The molecule has 0 radical (unpaired) electrons. The number of nitrogens with zero attached hydrogens (tertiary/aromatic N) is 1. The molecule has 7 heteroatoms. The Hall–Kier alpha value is -1.14. The van der Waals surface area contributed by atoms with E-state index in [4.69, 9.17) is 11.6 Å². The molecule has 136 valence electrons. The molecule has 0 saturated carbocycles. The lowest BCUT2D eigenvalue weighted by molar-refractivity contribution is -0.126. The van der Waals surface area contributed by atoms with Crippen LogP contribution in [0.4, 0.5) is 0 Å². The van der Waals surface area contributed by atoms with Gasteiger partial charge in [-0.05, 0) is 45.4 Å². The predicted octanol–water partition coefficient (Wildman–Crippen LogP) is 4.37. The van der Waals surface area contributed by atoms with Crippen LogP contribution < -0.4 is 10.6 Å². The van der Waals surface area contributed by atoms with Crippen LogP contribution in [0.15, 0.2) is 24.3 Å². The fourth-order valence-corrected chi connectivity index (χ4v) is 4.20. The maximum absolute atomic E-state index is 12.4. The Morgan fingerprint density at radius 2 is 2.12 bits per heavy atom. The number of carbonyl (C=O) groups is 1. The number of thiazole rings is 1. The van der Waals surface area contributed by atoms with E-state index >= 15 is 0 Å². The summed E-state index contributed by atoms with van der Waals surface area (Å²) in [7, 11) is 0. The second kappa shape index (κ2) is 8.99. The van der Waals surface area contributed by atoms with Gasteiger partial charge in [-0.15, -0.1) is 23.7 Å². The molecule has 2 N–H and O–H groups in total. The van der Waals surface area contributed by atoms with Gasteiger partial charge in [0.15, 0.2) is 0 Å². The zero-order valence-electron chi connectivity index (χ0n) is 14.3. The first kappa shape index (κ1) is 20.2. The number of amides is 1. The van der Waals surface area contributed by atoms with Crippen LogP contribution in [-0.4, -0.2) is 24.0 Å². The van der Waals surface area contributed by atoms with Crippen LogP contribution in [0.2, 0.25) is 5.02 Å². The van der Waals surface area contributed by atoms with Gasteiger partial charge >= 0.3 is 0 Å². The first-order chi connectivity index (χ1) is 11.5. The molecule has 1 aliphatic heterocycles. The van der Waals surface area contributed by atoms with Gasteiger partial charge in [-0.25, -0.2) is 4.98 Å². The lowest BCUT2D eigenvalue weighted by Gasteiger charge is -2.23. The van der Waals surface area contributed by atoms with Crippen LogP contribution in [0.3, 0.4) is 0 Å². The Balaban J connectivity index is 0.00000225. The van der Waals surface area contributed by atoms with E-state index in [1.807, 2.05) is 38.1 Å². The fraction of sp³-hybridized carbons (Fsp3) is 0.444. The van der Waals surface area contributed by atoms with Crippen molar-refractivity contribution >= 4 is 41.3 Å². The van der Waals surface area contributed by atoms with Crippen molar-refractivity contribution in [3.8, 4) is 10.6 Å². The number of piperidine rings is 1. The van der Waals surface area contributed by atoms with Gasteiger partial charge in [-0.1, -0.05) is 23.7 Å². The van der Waals surface area contributed by atoms with Crippen molar-refractivity contribution in [1.29, 1.82) is 0 Å². The summed E-state index contributed by atoms with van der Waals surface area (Å²) in [4.78, 5) is 18.2. The van der Waals surface area contributed by atoms with E-state index < -0.39 is 0 Å². The Labute approximate surface area is 163 Å². The number of nitrogens with one attached hydrogen (secondary N) is 2. The number of rotatable bonds is 4. The number of carbonyl (C=O) groups excluding carboxylic acids is 1. The maximum atomic E-state index is 12.4. The second-order valence-electron chi connectivity index (χ2n) is 6.25. The lowest BCUT2D eigenvalue weighted by atomic mass is 9.98. The Morgan fingerprint density at radius 3 is 2.76 bits per heavy atom. The van der Waals surface area contributed by atoms with Gasteiger partial charge in [0.05, 0.1) is 22.5 Å². The Bertz CT molecular complexity index is 712. The van der Waals surface area contributed by atoms with E-state index in [1.54, 1.807) is 11.3 Å². The molecule has 0 bridgehead atoms. The molecular formula is C18H23Cl2N3OS. The monoisotopic (exact) mass is 399 g/mol. The SMILES string of the molecule is Cc1nc(-c2ccc(Cl)cc2)sc1C(C)NC(=O)C1CCCNC1.Cl. The molecule has 1 aromatic heterocycles. The molecule has 0 spiro atoms. The van der Waals surface area contributed by atoms with Crippen LogP contribution >= 0.6 is 35.3 Å². The van der Waals surface area contributed by atoms with Crippen LogP contribution in [0.5, 0.6) is 0 Å². The number of hydrogen-bond donors (Lipinski definition) is 2. The number of benzene rings is 1. The normalized spacial score (nSPS) is 18.3. The van der Waals surface area contributed by atoms with Gasteiger partial charge in [0, 0.05) is 17.1 Å². The third kappa shape index (κ3) is 4.94. The molecule has 0 aliphatic carbocycles. The maximum Gasteiger partial charge on any atom is 0.224 e. The highest BCUT2D eigenvalue weighted by molar-refractivity contribution is 7.15. The van der Waals surface area contributed by atoms with Gasteiger partial charge in [0.25, 0.3) is 0 Å². The smallest absolute Gasteiger partial charge is 0.224 e. The molecule has 3 rings (SSSR count). The van der Waals surface area contributed by atoms with Crippen molar-refractivity contribution in [3.05, 3.63) is 39.9 Å². The molecule has 2 unspecified atom stereocenters. The van der Waals surface area contributed by atoms with E-state index in [0.717, 1.165) is 47.1 Å². The van der Waals surface area contributed by atoms with Gasteiger partial charge in [-0.3, -0.25) is 4.79 Å². The third-order valence-electron chi connectivity index (χ3n) is 4.34. The Kier molecular flexibility index (Phi) is 7.25. The zero-order chi connectivity index (χ0) is 17.1. The van der Waals surface area contributed by atoms with Crippen LogP contribution in [0, 0.1) is 12.8 Å². The molecule has 1 saturated heterocycles. The molecule has 25 heavy (non-hydrogen) atoms. The van der Waals surface area contributed by atoms with Crippen molar-refractivity contribution in [3.63, 3.8) is 0 Å². The summed E-state index contributed by atoms with van der Waals surface area (Å²) < 4.78 is 0. The van der Waals surface area contributed by atoms with Crippen molar-refractivity contribution in [2.75, 3.05) is 13.1 Å². The molecule has 2 heterocycles. The first-order valence-electron chi connectivity index (χ1n) is 8.29. The standard InChI is InChI=1S/C18H22ClN3OS.ClH/c1-11(21-17(23)14-4-3-9-20-10-14)16-12(2)22-18(24-16)13-5-7-15(19)8-6-13;/h5-8,11,14,20H,3-4,9-10H2,1-2H3,(H,21,23);1H. The average Bonchev–Trinajstić information content (AvgIpc) is 2.98. The van der Waals surface area contributed by atoms with E-state index in [2.05, 4.69) is 15.6 Å². The van der Waals surface area contributed by atoms with E-state index in [9.17, 15) is 4.79 Å². The summed E-state index contributed by atoms with van der Waals surface area (Å²) in [5.41, 5.74) is 2.02. The summed E-state index contributed by atoms with van der Waals surface area (Å²) in [5.74, 6) is 0.209. The Morgan fingerprint density at radius 1 is 1.40 bits per heavy atom. The average molecular weight is 400 g/mol. The highest BCUT2D eigenvalue weighted by Crippen LogP contribution is 2.32. The largest absolute Gasteiger partial charge is 0.348 e. The van der Waals surface area contributed by atoms with E-state index in [-0.39, 0.29) is 30.3 Å². The molecule has 1 amide bonds. The predicted molar refractivity (Wildman–Crippen MR) is 107 cm³/mol. The van der Waals surface area contributed by atoms with E-state index in [1.165, 1.54) is 0 Å². The van der Waals surface area contributed by atoms with Crippen LogP contribution in [0.25, 0.3) is 10.6 Å². The summed E-state index contributed by atoms with van der Waals surface area (Å²) in [5, 5.41) is 8.11. The van der Waals surface area contributed by atoms with Crippen LogP contribution in [0.1, 0.15) is 36.4 Å². The molecule has 1 aromatic carbocycles. The lowest BCUT2D eigenvalue weighted by Crippen LogP contribution is -2.41. The topological polar surface area (TPSA) is 54.0 Å². The minimum atomic E-state index is -0.0297. The van der Waals surface area contributed by atoms with Crippen molar-refractivity contribution < 1.29 is 4.79 Å². The highest BCUT2D eigenvalue weighted by Gasteiger charge is 2.24. The van der Waals surface area contributed by atoms with Gasteiger partial charge in [0.2, 0.25) is 5.91 Å². The van der Waals surface area contributed by atoms with Crippen molar-refractivity contribution in [1.82, 2.24) is 15.6 Å². The molecule has 4 nitrogen and oxygen atoms in total. The number of halogens is 2. The van der Waals surface area contributed by atoms with E-state index in [0.29, 0.717) is 5.02 Å². The first-order valence-corrected chi connectivity index (χ1v) is 9.48. The zero-order valence-corrected chi connectivity index (χ0v) is 16.7. The summed E-state index contributed by atoms with van der Waals surface area (Å²) in [6, 6.07) is 7.66. The summed E-state index contributed by atoms with van der Waals surface area (Å²) in [6.45, 7) is 5.81. The minimum Gasteiger partial charge on any atom is -0.348 e. The molecule has 2 atom stereocenters. The quantitative estimate of drug-likeness (QED) is 0.801.